The molecule has 1 aliphatic heterocycles. The minimum atomic E-state index is -0.458. The maximum atomic E-state index is 10.6. The Bertz CT molecular complexity index is 550. The molecule has 0 aromatic heterocycles. The first-order valence-corrected chi connectivity index (χ1v) is 7.49. The van der Waals surface area contributed by atoms with Gasteiger partial charge in [0.15, 0.2) is 0 Å². The van der Waals surface area contributed by atoms with Crippen LogP contribution in [0.1, 0.15) is 11.6 Å². The van der Waals surface area contributed by atoms with Gasteiger partial charge in [0.05, 0.1) is 18.2 Å². The fourth-order valence-corrected chi connectivity index (χ4v) is 3.23. The summed E-state index contributed by atoms with van der Waals surface area (Å²) in [5.74, 6) is 0.406. The first-order valence-electron chi connectivity index (χ1n) is 7.49. The molecule has 0 saturated heterocycles. The molecular weight excluding hydrogens is 260 g/mol. The van der Waals surface area contributed by atoms with Crippen LogP contribution in [-0.2, 0) is 0 Å². The third kappa shape index (κ3) is 2.80. The van der Waals surface area contributed by atoms with Crippen molar-refractivity contribution in [3.05, 3.63) is 72.5 Å². The summed E-state index contributed by atoms with van der Waals surface area (Å²) in [4.78, 5) is 2.28. The largest absolute Gasteiger partial charge is 0.389 e. The molecule has 0 amide bonds. The Hall–Kier alpha value is -1.84. The van der Waals surface area contributed by atoms with E-state index in [0.29, 0.717) is 18.5 Å². The molecular formula is C18H22N2O. The van der Waals surface area contributed by atoms with Crippen LogP contribution in [0.25, 0.3) is 0 Å². The highest BCUT2D eigenvalue weighted by Gasteiger charge is 2.35. The third-order valence-corrected chi connectivity index (χ3v) is 4.21. The van der Waals surface area contributed by atoms with Gasteiger partial charge in [0.1, 0.15) is 0 Å². The van der Waals surface area contributed by atoms with Gasteiger partial charge in [0, 0.05) is 12.5 Å². The van der Waals surface area contributed by atoms with Crippen LogP contribution in [0.4, 0.5) is 0 Å². The lowest BCUT2D eigenvalue weighted by molar-refractivity contribution is 0.0642. The maximum absolute atomic E-state index is 10.6. The molecule has 3 heteroatoms. The highest BCUT2D eigenvalue weighted by atomic mass is 16.3. The van der Waals surface area contributed by atoms with E-state index in [1.165, 1.54) is 0 Å². The number of hydrogen-bond acceptors (Lipinski definition) is 3. The van der Waals surface area contributed by atoms with E-state index in [4.69, 9.17) is 0 Å². The molecule has 1 aromatic rings. The average Bonchev–Trinajstić information content (AvgIpc) is 2.93. The van der Waals surface area contributed by atoms with Gasteiger partial charge in [-0.2, -0.15) is 0 Å². The zero-order valence-electron chi connectivity index (χ0n) is 12.3. The molecule has 3 nitrogen and oxygen atoms in total. The number of nitrogens with one attached hydrogen (secondary N) is 1. The summed E-state index contributed by atoms with van der Waals surface area (Å²) in [7, 11) is 1.87. The number of aliphatic hydroxyl groups excluding tert-OH is 1. The van der Waals surface area contributed by atoms with E-state index in [1.807, 2.05) is 25.2 Å². The van der Waals surface area contributed by atoms with Crippen molar-refractivity contribution in [2.24, 2.45) is 5.92 Å². The lowest BCUT2D eigenvalue weighted by atomic mass is 9.93. The molecule has 0 spiro atoms. The van der Waals surface area contributed by atoms with Gasteiger partial charge in [-0.3, -0.25) is 0 Å². The number of allylic oxidation sites excluding steroid dienone is 2. The van der Waals surface area contributed by atoms with Crippen molar-refractivity contribution < 1.29 is 5.11 Å². The van der Waals surface area contributed by atoms with Gasteiger partial charge in [0.2, 0.25) is 0 Å². The van der Waals surface area contributed by atoms with Gasteiger partial charge in [-0.1, -0.05) is 60.7 Å². The standard InChI is InChI=1S/C18H22N2O/c1-19-13-17(21)18(15-8-3-2-4-9-15)20-12-11-14-7-5-6-10-16(14)20/h2-12,14,16-19,21H,13H2,1H3. The maximum Gasteiger partial charge on any atom is 0.0909 e. The second kappa shape index (κ2) is 6.29. The van der Waals surface area contributed by atoms with E-state index in [0.717, 1.165) is 5.56 Å². The summed E-state index contributed by atoms with van der Waals surface area (Å²) in [5.41, 5.74) is 1.15. The highest BCUT2D eigenvalue weighted by Crippen LogP contribution is 2.35. The van der Waals surface area contributed by atoms with Crippen LogP contribution in [0.3, 0.4) is 0 Å². The van der Waals surface area contributed by atoms with E-state index in [9.17, 15) is 5.11 Å². The lowest BCUT2D eigenvalue weighted by Crippen LogP contribution is -2.42. The number of rotatable bonds is 5. The molecule has 0 fully saturated rings. The zero-order chi connectivity index (χ0) is 14.7. The summed E-state index contributed by atoms with van der Waals surface area (Å²) in [6.07, 6.45) is 12.5. The van der Waals surface area contributed by atoms with Crippen molar-refractivity contribution in [1.82, 2.24) is 10.2 Å². The van der Waals surface area contributed by atoms with E-state index >= 15 is 0 Å². The van der Waals surface area contributed by atoms with Gasteiger partial charge in [-0.15, -0.1) is 0 Å². The molecule has 1 aliphatic carbocycles. The van der Waals surface area contributed by atoms with Gasteiger partial charge < -0.3 is 15.3 Å². The van der Waals surface area contributed by atoms with Crippen LogP contribution < -0.4 is 5.32 Å². The first kappa shape index (κ1) is 14.1. The summed E-state index contributed by atoms with van der Waals surface area (Å²) >= 11 is 0. The molecule has 0 bridgehead atoms. The Morgan fingerprint density at radius 2 is 1.90 bits per heavy atom. The molecule has 4 atom stereocenters. The van der Waals surface area contributed by atoms with Crippen molar-refractivity contribution in [1.29, 1.82) is 0 Å². The second-order valence-corrected chi connectivity index (χ2v) is 5.61. The zero-order valence-corrected chi connectivity index (χ0v) is 12.3. The Morgan fingerprint density at radius 3 is 2.67 bits per heavy atom. The number of nitrogens with zero attached hydrogens (tertiary/aromatic N) is 1. The molecule has 110 valence electrons. The highest BCUT2D eigenvalue weighted by molar-refractivity contribution is 5.30. The first-order chi connectivity index (χ1) is 10.3. The van der Waals surface area contributed by atoms with Crippen LogP contribution in [0, 0.1) is 5.92 Å². The summed E-state index contributed by atoms with van der Waals surface area (Å²) in [6.45, 7) is 0.570. The lowest BCUT2D eigenvalue weighted by Gasteiger charge is -2.38. The fraction of sp³-hybridized carbons (Fsp3) is 0.333. The molecule has 4 unspecified atom stereocenters. The number of fused-ring (bicyclic) bond motifs is 1. The number of hydrogen-bond donors (Lipinski definition) is 2. The minimum absolute atomic E-state index is 0.0407. The predicted molar refractivity (Wildman–Crippen MR) is 85.7 cm³/mol. The Labute approximate surface area is 126 Å². The normalized spacial score (nSPS) is 25.9. The second-order valence-electron chi connectivity index (χ2n) is 5.61. The quantitative estimate of drug-likeness (QED) is 0.869. The molecule has 0 radical (unpaired) electrons. The van der Waals surface area contributed by atoms with E-state index in [1.54, 1.807) is 0 Å². The van der Waals surface area contributed by atoms with Crippen LogP contribution in [0.15, 0.2) is 66.9 Å². The molecule has 2 aliphatic rings. The Kier molecular flexibility index (Phi) is 4.23. The van der Waals surface area contributed by atoms with Gasteiger partial charge in [-0.25, -0.2) is 0 Å². The van der Waals surface area contributed by atoms with Crippen LogP contribution in [0.5, 0.6) is 0 Å². The van der Waals surface area contributed by atoms with Crippen LogP contribution in [0.2, 0.25) is 0 Å². The minimum Gasteiger partial charge on any atom is -0.389 e. The Balaban J connectivity index is 1.91. The monoisotopic (exact) mass is 282 g/mol. The number of aliphatic hydroxyl groups is 1. The summed E-state index contributed by atoms with van der Waals surface area (Å²) < 4.78 is 0. The SMILES string of the molecule is CNCC(O)C(c1ccccc1)N1C=CC2C=CC=CC21. The molecule has 21 heavy (non-hydrogen) atoms. The van der Waals surface area contributed by atoms with Gasteiger partial charge in [0.25, 0.3) is 0 Å². The van der Waals surface area contributed by atoms with Crippen molar-refractivity contribution in [2.75, 3.05) is 13.6 Å². The van der Waals surface area contributed by atoms with E-state index < -0.39 is 6.10 Å². The third-order valence-electron chi connectivity index (χ3n) is 4.21. The summed E-state index contributed by atoms with van der Waals surface area (Å²) in [5, 5.41) is 13.7. The summed E-state index contributed by atoms with van der Waals surface area (Å²) in [6, 6.07) is 10.5. The van der Waals surface area contributed by atoms with E-state index in [-0.39, 0.29) is 6.04 Å². The Morgan fingerprint density at radius 1 is 1.14 bits per heavy atom. The number of likely N-dealkylation sites (N-methyl/N-ethyl adjacent to an activating group) is 1. The van der Waals surface area contributed by atoms with Crippen LogP contribution >= 0.6 is 0 Å². The smallest absolute Gasteiger partial charge is 0.0909 e. The van der Waals surface area contributed by atoms with Gasteiger partial charge in [-0.05, 0) is 18.8 Å². The average molecular weight is 282 g/mol. The van der Waals surface area contributed by atoms with Crippen molar-refractivity contribution in [3.63, 3.8) is 0 Å². The predicted octanol–water partition coefficient (Wildman–Crippen LogP) is 2.25. The molecule has 1 aromatic carbocycles. The molecule has 3 rings (SSSR count). The molecule has 0 saturated carbocycles. The van der Waals surface area contributed by atoms with Crippen molar-refractivity contribution in [3.8, 4) is 0 Å². The molecule has 1 heterocycles. The van der Waals surface area contributed by atoms with E-state index in [2.05, 4.69) is 58.9 Å². The molecule has 2 N–H and O–H groups in total. The fourth-order valence-electron chi connectivity index (χ4n) is 3.23. The van der Waals surface area contributed by atoms with Gasteiger partial charge >= 0.3 is 0 Å². The van der Waals surface area contributed by atoms with Crippen LogP contribution in [-0.4, -0.2) is 35.7 Å². The number of benzene rings is 1. The van der Waals surface area contributed by atoms with Crippen molar-refractivity contribution in [2.45, 2.75) is 18.2 Å². The van der Waals surface area contributed by atoms with Crippen molar-refractivity contribution >= 4 is 0 Å². The topological polar surface area (TPSA) is 35.5 Å².